The molecule has 0 radical (unpaired) electrons. The van der Waals surface area contributed by atoms with Gasteiger partial charge in [0.05, 0.1) is 18.3 Å². The van der Waals surface area contributed by atoms with Gasteiger partial charge >= 0.3 is 0 Å². The van der Waals surface area contributed by atoms with Crippen molar-refractivity contribution in [1.29, 1.82) is 0 Å². The van der Waals surface area contributed by atoms with Crippen LogP contribution in [0.25, 0.3) is 0 Å². The zero-order valence-electron chi connectivity index (χ0n) is 16.7. The van der Waals surface area contributed by atoms with Crippen molar-refractivity contribution in [2.24, 2.45) is 0 Å². The van der Waals surface area contributed by atoms with E-state index in [4.69, 9.17) is 0 Å². The molecule has 2 aliphatic heterocycles. The van der Waals surface area contributed by atoms with E-state index in [1.54, 1.807) is 23.7 Å². The Labute approximate surface area is 187 Å². The Morgan fingerprint density at radius 3 is 3.03 bits per heavy atom. The van der Waals surface area contributed by atoms with Crippen molar-refractivity contribution >= 4 is 46.5 Å². The Kier molecular flexibility index (Phi) is 6.81. The van der Waals surface area contributed by atoms with Gasteiger partial charge in [-0.05, 0) is 36.6 Å². The molecule has 0 unspecified atom stereocenters. The molecule has 0 spiro atoms. The van der Waals surface area contributed by atoms with E-state index in [1.807, 2.05) is 0 Å². The van der Waals surface area contributed by atoms with Crippen LogP contribution >= 0.6 is 23.1 Å². The predicted molar refractivity (Wildman–Crippen MR) is 116 cm³/mol. The predicted octanol–water partition coefficient (Wildman–Crippen LogP) is 2.27. The number of benzene rings is 1. The third kappa shape index (κ3) is 5.40. The van der Waals surface area contributed by atoms with E-state index in [0.717, 1.165) is 24.1 Å². The number of fused-ring (bicyclic) bond motifs is 1. The fourth-order valence-electron chi connectivity index (χ4n) is 3.82. The smallest absolute Gasteiger partial charge is 0.251 e. The van der Waals surface area contributed by atoms with E-state index >= 15 is 0 Å². The molecule has 2 aromatic rings. The zero-order chi connectivity index (χ0) is 21.8. The third-order valence-electron chi connectivity index (χ3n) is 5.33. The molecule has 0 aliphatic carbocycles. The molecular weight excluding hydrogens is 441 g/mol. The summed E-state index contributed by atoms with van der Waals surface area (Å²) in [6.45, 7) is 0.219. The van der Waals surface area contributed by atoms with Gasteiger partial charge in [0.25, 0.3) is 5.91 Å². The number of rotatable bonds is 6. The summed E-state index contributed by atoms with van der Waals surface area (Å²) in [7, 11) is 0. The van der Waals surface area contributed by atoms with Crippen LogP contribution in [0, 0.1) is 0 Å². The lowest BCUT2D eigenvalue weighted by atomic mass is 10.0. The van der Waals surface area contributed by atoms with Crippen molar-refractivity contribution in [2.75, 3.05) is 24.2 Å². The van der Waals surface area contributed by atoms with Gasteiger partial charge < -0.3 is 15.5 Å². The Hall–Kier alpha value is -2.53. The summed E-state index contributed by atoms with van der Waals surface area (Å²) in [6, 6.07) is 4.79. The number of anilines is 1. The van der Waals surface area contributed by atoms with E-state index in [0.29, 0.717) is 16.3 Å². The number of alkyl halides is 1. The van der Waals surface area contributed by atoms with Gasteiger partial charge in [-0.1, -0.05) is 23.1 Å². The monoisotopic (exact) mass is 463 g/mol. The fraction of sp³-hybridized carbons (Fsp3) is 0.450. The highest BCUT2D eigenvalue weighted by molar-refractivity contribution is 8.01. The van der Waals surface area contributed by atoms with Gasteiger partial charge in [0.1, 0.15) is 11.7 Å². The summed E-state index contributed by atoms with van der Waals surface area (Å²) in [4.78, 5) is 38.4. The topological polar surface area (TPSA) is 104 Å². The molecule has 1 saturated heterocycles. The summed E-state index contributed by atoms with van der Waals surface area (Å²) in [5, 5.41) is 13.3. The molecule has 2 aliphatic rings. The molecule has 1 fully saturated rings. The molecule has 0 bridgehead atoms. The SMILES string of the molecule is O=C1CCCc2cc(C(=O)NC[C@@H]3C[C@H](F)CN3C(=O)CSc3nncs3)ccc2N1. The number of carbonyl (C=O) groups is 3. The molecular formula is C20H22FN5O3S2. The lowest BCUT2D eigenvalue weighted by molar-refractivity contribution is -0.129. The van der Waals surface area contributed by atoms with Crippen molar-refractivity contribution in [3.63, 3.8) is 0 Å². The summed E-state index contributed by atoms with van der Waals surface area (Å²) >= 11 is 2.62. The Morgan fingerprint density at radius 2 is 2.23 bits per heavy atom. The maximum atomic E-state index is 14.0. The van der Waals surface area contributed by atoms with Gasteiger partial charge in [0.2, 0.25) is 11.8 Å². The van der Waals surface area contributed by atoms with Gasteiger partial charge in [0.15, 0.2) is 4.34 Å². The van der Waals surface area contributed by atoms with Crippen LogP contribution in [0.4, 0.5) is 10.1 Å². The van der Waals surface area contributed by atoms with Crippen LogP contribution in [0.1, 0.15) is 35.2 Å². The Bertz CT molecular complexity index is 972. The second-order valence-electron chi connectivity index (χ2n) is 7.51. The van der Waals surface area contributed by atoms with Crippen LogP contribution in [-0.2, 0) is 16.0 Å². The molecule has 2 atom stereocenters. The first-order valence-electron chi connectivity index (χ1n) is 10.0. The average Bonchev–Trinajstić information content (AvgIpc) is 3.36. The number of hydrogen-bond acceptors (Lipinski definition) is 7. The van der Waals surface area contributed by atoms with Crippen LogP contribution < -0.4 is 10.6 Å². The van der Waals surface area contributed by atoms with Crippen molar-refractivity contribution in [3.8, 4) is 0 Å². The molecule has 1 aromatic heterocycles. The number of nitrogens with zero attached hydrogens (tertiary/aromatic N) is 3. The molecule has 1 aromatic carbocycles. The summed E-state index contributed by atoms with van der Waals surface area (Å²) < 4.78 is 14.7. The molecule has 11 heteroatoms. The van der Waals surface area contributed by atoms with Gasteiger partial charge in [0, 0.05) is 30.6 Å². The summed E-state index contributed by atoms with van der Waals surface area (Å²) in [5.41, 5.74) is 3.73. The third-order valence-corrected chi connectivity index (χ3v) is 7.18. The summed E-state index contributed by atoms with van der Waals surface area (Å²) in [5.74, 6) is -0.327. The van der Waals surface area contributed by atoms with Crippen LogP contribution in [0.5, 0.6) is 0 Å². The number of aromatic nitrogens is 2. The molecule has 3 amide bonds. The van der Waals surface area contributed by atoms with Gasteiger partial charge in [-0.3, -0.25) is 14.4 Å². The summed E-state index contributed by atoms with van der Waals surface area (Å²) in [6.07, 6.45) is 1.01. The minimum Gasteiger partial charge on any atom is -0.350 e. The van der Waals surface area contributed by atoms with Crippen LogP contribution in [-0.4, -0.2) is 63.9 Å². The molecule has 0 saturated carbocycles. The number of hydrogen-bond donors (Lipinski definition) is 2. The first-order valence-corrected chi connectivity index (χ1v) is 11.9. The van der Waals surface area contributed by atoms with E-state index in [9.17, 15) is 18.8 Å². The minimum absolute atomic E-state index is 0.0213. The van der Waals surface area contributed by atoms with Gasteiger partial charge in [-0.2, -0.15) is 0 Å². The average molecular weight is 464 g/mol. The highest BCUT2D eigenvalue weighted by Crippen LogP contribution is 2.25. The molecule has 4 rings (SSSR count). The van der Waals surface area contributed by atoms with Crippen LogP contribution in [0.15, 0.2) is 28.0 Å². The number of halogens is 1. The first-order chi connectivity index (χ1) is 15.0. The number of amides is 3. The van der Waals surface area contributed by atoms with Crippen molar-refractivity contribution in [1.82, 2.24) is 20.4 Å². The quantitative estimate of drug-likeness (QED) is 0.637. The normalized spacial score (nSPS) is 20.7. The van der Waals surface area contributed by atoms with Crippen LogP contribution in [0.3, 0.4) is 0 Å². The lowest BCUT2D eigenvalue weighted by Crippen LogP contribution is -2.44. The second-order valence-corrected chi connectivity index (χ2v) is 9.57. The molecule has 2 N–H and O–H groups in total. The Balaban J connectivity index is 1.34. The standard InChI is InChI=1S/C20H22FN5O3S2/c21-14-7-15(26(9-14)18(28)10-30-20-25-23-11-31-20)8-22-19(29)13-4-5-16-12(6-13)2-1-3-17(27)24-16/h4-6,11,14-15H,1-3,7-10H2,(H,22,29)(H,24,27)/t14-,15-/m0/s1. The molecule has 3 heterocycles. The maximum absolute atomic E-state index is 14.0. The number of carbonyl (C=O) groups excluding carboxylic acids is 3. The number of nitrogens with one attached hydrogen (secondary N) is 2. The highest BCUT2D eigenvalue weighted by atomic mass is 32.2. The molecule has 164 valence electrons. The van der Waals surface area contributed by atoms with Crippen molar-refractivity contribution in [2.45, 2.75) is 42.2 Å². The van der Waals surface area contributed by atoms with E-state index < -0.39 is 6.17 Å². The van der Waals surface area contributed by atoms with Crippen LogP contribution in [0.2, 0.25) is 0 Å². The molecule has 31 heavy (non-hydrogen) atoms. The van der Waals surface area contributed by atoms with Gasteiger partial charge in [-0.25, -0.2) is 4.39 Å². The fourth-order valence-corrected chi connectivity index (χ4v) is 5.19. The zero-order valence-corrected chi connectivity index (χ0v) is 18.3. The van der Waals surface area contributed by atoms with E-state index in [1.165, 1.54) is 28.0 Å². The van der Waals surface area contributed by atoms with Crippen molar-refractivity contribution in [3.05, 3.63) is 34.8 Å². The molecule has 8 nitrogen and oxygen atoms in total. The first kappa shape index (κ1) is 21.7. The minimum atomic E-state index is -1.10. The van der Waals surface area contributed by atoms with Crippen molar-refractivity contribution < 1.29 is 18.8 Å². The maximum Gasteiger partial charge on any atom is 0.251 e. The Morgan fingerprint density at radius 1 is 1.35 bits per heavy atom. The van der Waals surface area contributed by atoms with E-state index in [2.05, 4.69) is 20.8 Å². The largest absolute Gasteiger partial charge is 0.350 e. The second kappa shape index (κ2) is 9.73. The highest BCUT2D eigenvalue weighted by Gasteiger charge is 2.35. The number of likely N-dealkylation sites (tertiary alicyclic amines) is 1. The number of aryl methyl sites for hydroxylation is 1. The number of thioether (sulfide) groups is 1. The lowest BCUT2D eigenvalue weighted by Gasteiger charge is -2.24. The van der Waals surface area contributed by atoms with Gasteiger partial charge in [-0.15, -0.1) is 10.2 Å². The van der Waals surface area contributed by atoms with E-state index in [-0.39, 0.29) is 49.0 Å².